The van der Waals surface area contributed by atoms with E-state index in [9.17, 15) is 9.90 Å². The number of carbonyl (C=O) groups is 1. The highest BCUT2D eigenvalue weighted by atomic mass is 16.5. The number of para-hydroxylation sites is 1. The summed E-state index contributed by atoms with van der Waals surface area (Å²) in [4.78, 5) is 23.0. The summed E-state index contributed by atoms with van der Waals surface area (Å²) in [6.45, 7) is 4.95. The number of nitrogens with zero attached hydrogens (tertiary/aromatic N) is 3. The number of hydrogen-bond acceptors (Lipinski definition) is 5. The Morgan fingerprint density at radius 3 is 2.73 bits per heavy atom. The molecule has 0 radical (unpaired) electrons. The third-order valence-electron chi connectivity index (χ3n) is 4.79. The number of amides is 1. The van der Waals surface area contributed by atoms with E-state index in [1.165, 1.54) is 0 Å². The molecule has 1 aromatic heterocycles. The quantitative estimate of drug-likeness (QED) is 0.912. The molecule has 0 spiro atoms. The number of hydrogen-bond donors (Lipinski definition) is 1. The minimum atomic E-state index is -0.927. The van der Waals surface area contributed by atoms with Crippen molar-refractivity contribution in [2.75, 3.05) is 19.7 Å². The molecule has 1 amide bonds. The molecule has 3 rings (SSSR count). The summed E-state index contributed by atoms with van der Waals surface area (Å²) in [7, 11) is 0. The highest BCUT2D eigenvalue weighted by Crippen LogP contribution is 2.25. The third kappa shape index (κ3) is 4.38. The predicted octanol–water partition coefficient (Wildman–Crippen LogP) is 2.53. The van der Waals surface area contributed by atoms with Crippen molar-refractivity contribution in [3.8, 4) is 5.75 Å². The maximum Gasteiger partial charge on any atom is 0.257 e. The van der Waals surface area contributed by atoms with Crippen molar-refractivity contribution in [2.45, 2.75) is 38.7 Å². The Labute approximate surface area is 153 Å². The molecule has 26 heavy (non-hydrogen) atoms. The lowest BCUT2D eigenvalue weighted by atomic mass is 9.96. The fourth-order valence-electron chi connectivity index (χ4n) is 3.22. The van der Waals surface area contributed by atoms with Crippen LogP contribution in [0.1, 0.15) is 41.1 Å². The fourth-order valence-corrected chi connectivity index (χ4v) is 3.22. The van der Waals surface area contributed by atoms with Gasteiger partial charge in [-0.2, -0.15) is 0 Å². The first kappa shape index (κ1) is 18.3. The predicted molar refractivity (Wildman–Crippen MR) is 98.1 cm³/mol. The molecule has 138 valence electrons. The van der Waals surface area contributed by atoms with E-state index in [0.717, 1.165) is 12.2 Å². The molecule has 1 aliphatic rings. The van der Waals surface area contributed by atoms with E-state index in [-0.39, 0.29) is 12.5 Å². The molecular weight excluding hydrogens is 330 g/mol. The number of aryl methyl sites for hydroxylation is 2. The second kappa shape index (κ2) is 7.83. The Bertz CT molecular complexity index is 766. The number of likely N-dealkylation sites (tertiary alicyclic amines) is 1. The van der Waals surface area contributed by atoms with Crippen molar-refractivity contribution in [1.82, 2.24) is 14.9 Å². The summed E-state index contributed by atoms with van der Waals surface area (Å²) in [6.07, 6.45) is 3.41. The normalized spacial score (nSPS) is 20.5. The Morgan fingerprint density at radius 1 is 1.23 bits per heavy atom. The number of rotatable bonds is 4. The van der Waals surface area contributed by atoms with Gasteiger partial charge in [-0.05, 0) is 45.2 Å². The summed E-state index contributed by atoms with van der Waals surface area (Å²) in [5, 5.41) is 10.9. The minimum Gasteiger partial charge on any atom is -0.491 e. The smallest absolute Gasteiger partial charge is 0.257 e. The van der Waals surface area contributed by atoms with Gasteiger partial charge in [-0.25, -0.2) is 9.97 Å². The lowest BCUT2D eigenvalue weighted by molar-refractivity contribution is -0.0163. The topological polar surface area (TPSA) is 75.6 Å². The zero-order valence-corrected chi connectivity index (χ0v) is 15.3. The zero-order chi connectivity index (χ0) is 18.6. The lowest BCUT2D eigenvalue weighted by Crippen LogP contribution is -2.38. The van der Waals surface area contributed by atoms with Gasteiger partial charge in [0.05, 0.1) is 11.3 Å². The van der Waals surface area contributed by atoms with Crippen LogP contribution in [-0.2, 0) is 0 Å². The average molecular weight is 355 g/mol. The number of aromatic nitrogens is 2. The molecule has 6 heteroatoms. The van der Waals surface area contributed by atoms with Crippen molar-refractivity contribution in [3.05, 3.63) is 53.6 Å². The van der Waals surface area contributed by atoms with Crippen molar-refractivity contribution in [2.24, 2.45) is 0 Å². The van der Waals surface area contributed by atoms with Crippen LogP contribution in [0.5, 0.6) is 5.75 Å². The third-order valence-corrected chi connectivity index (χ3v) is 4.79. The molecule has 2 aromatic rings. The van der Waals surface area contributed by atoms with Crippen molar-refractivity contribution in [1.29, 1.82) is 0 Å². The Morgan fingerprint density at radius 2 is 2.00 bits per heavy atom. The Hall–Kier alpha value is -2.47. The van der Waals surface area contributed by atoms with E-state index in [4.69, 9.17) is 4.74 Å². The standard InChI is InChI=1S/C20H25N3O3/c1-15-18(13-21-16(2)22-15)19(24)23-11-6-9-20(25,10-12-23)14-26-17-7-4-3-5-8-17/h3-5,7-8,13,25H,6,9-12,14H2,1-2H3. The van der Waals surface area contributed by atoms with Crippen LogP contribution in [0.2, 0.25) is 0 Å². The van der Waals surface area contributed by atoms with Crippen LogP contribution in [0.25, 0.3) is 0 Å². The Balaban J connectivity index is 1.62. The zero-order valence-electron chi connectivity index (χ0n) is 15.3. The highest BCUT2D eigenvalue weighted by molar-refractivity contribution is 5.94. The molecule has 0 saturated carbocycles. The molecule has 1 atom stereocenters. The van der Waals surface area contributed by atoms with Crippen molar-refractivity contribution >= 4 is 5.91 Å². The number of carbonyl (C=O) groups excluding carboxylic acids is 1. The largest absolute Gasteiger partial charge is 0.491 e. The number of ether oxygens (including phenoxy) is 1. The summed E-state index contributed by atoms with van der Waals surface area (Å²) in [5.74, 6) is 1.32. The molecule has 1 aromatic carbocycles. The molecule has 1 aliphatic heterocycles. The first-order chi connectivity index (χ1) is 12.5. The number of benzene rings is 1. The van der Waals surface area contributed by atoms with Crippen LogP contribution >= 0.6 is 0 Å². The Kier molecular flexibility index (Phi) is 5.52. The SMILES string of the molecule is Cc1ncc(C(=O)N2CCCC(O)(COc3ccccc3)CC2)c(C)n1. The van der Waals surface area contributed by atoms with Gasteiger partial charge in [-0.3, -0.25) is 4.79 Å². The molecule has 1 N–H and O–H groups in total. The van der Waals surface area contributed by atoms with Crippen LogP contribution in [0.3, 0.4) is 0 Å². The van der Waals surface area contributed by atoms with Crippen LogP contribution < -0.4 is 4.74 Å². The first-order valence-corrected chi connectivity index (χ1v) is 8.97. The van der Waals surface area contributed by atoms with Gasteiger partial charge >= 0.3 is 0 Å². The molecular formula is C20H25N3O3. The van der Waals surface area contributed by atoms with E-state index in [1.54, 1.807) is 18.0 Å². The minimum absolute atomic E-state index is 0.0734. The fraction of sp³-hybridized carbons (Fsp3) is 0.450. The molecule has 1 unspecified atom stereocenters. The van der Waals surface area contributed by atoms with Gasteiger partial charge in [-0.15, -0.1) is 0 Å². The summed E-state index contributed by atoms with van der Waals surface area (Å²) in [5.41, 5.74) is 0.292. The van der Waals surface area contributed by atoms with Gasteiger partial charge in [-0.1, -0.05) is 18.2 Å². The molecule has 1 fully saturated rings. The lowest BCUT2D eigenvalue weighted by Gasteiger charge is -2.27. The van der Waals surface area contributed by atoms with Crippen LogP contribution in [0, 0.1) is 13.8 Å². The van der Waals surface area contributed by atoms with Crippen molar-refractivity contribution in [3.63, 3.8) is 0 Å². The summed E-state index contributed by atoms with van der Waals surface area (Å²) in [6, 6.07) is 9.47. The van der Waals surface area contributed by atoms with Gasteiger partial charge in [0.2, 0.25) is 0 Å². The molecule has 2 heterocycles. The van der Waals surface area contributed by atoms with Gasteiger partial charge in [0.25, 0.3) is 5.91 Å². The van der Waals surface area contributed by atoms with E-state index in [1.807, 2.05) is 37.3 Å². The van der Waals surface area contributed by atoms with Crippen LogP contribution in [0.15, 0.2) is 36.5 Å². The van der Waals surface area contributed by atoms with E-state index in [2.05, 4.69) is 9.97 Å². The van der Waals surface area contributed by atoms with E-state index in [0.29, 0.717) is 43.0 Å². The average Bonchev–Trinajstić information content (AvgIpc) is 2.83. The van der Waals surface area contributed by atoms with Gasteiger partial charge in [0.15, 0.2) is 0 Å². The highest BCUT2D eigenvalue weighted by Gasteiger charge is 2.33. The maximum atomic E-state index is 12.8. The molecule has 1 saturated heterocycles. The van der Waals surface area contributed by atoms with Gasteiger partial charge in [0, 0.05) is 19.3 Å². The van der Waals surface area contributed by atoms with Gasteiger partial charge < -0.3 is 14.7 Å². The molecule has 6 nitrogen and oxygen atoms in total. The number of aliphatic hydroxyl groups is 1. The molecule has 0 aliphatic carbocycles. The second-order valence-electron chi connectivity index (χ2n) is 6.89. The summed E-state index contributed by atoms with van der Waals surface area (Å²) >= 11 is 0. The van der Waals surface area contributed by atoms with Crippen molar-refractivity contribution < 1.29 is 14.6 Å². The van der Waals surface area contributed by atoms with E-state index < -0.39 is 5.60 Å². The monoisotopic (exact) mass is 355 g/mol. The summed E-state index contributed by atoms with van der Waals surface area (Å²) < 4.78 is 5.74. The van der Waals surface area contributed by atoms with Crippen LogP contribution in [0.4, 0.5) is 0 Å². The van der Waals surface area contributed by atoms with Gasteiger partial charge in [0.1, 0.15) is 23.8 Å². The van der Waals surface area contributed by atoms with E-state index >= 15 is 0 Å². The van der Waals surface area contributed by atoms with Crippen LogP contribution in [-0.4, -0.2) is 51.2 Å². The first-order valence-electron chi connectivity index (χ1n) is 8.97. The second-order valence-corrected chi connectivity index (χ2v) is 6.89. The maximum absolute atomic E-state index is 12.8. The molecule has 0 bridgehead atoms.